The highest BCUT2D eigenvalue weighted by Crippen LogP contribution is 2.18. The maximum atomic E-state index is 5.52. The average molecular weight is 240 g/mol. The molecule has 0 aliphatic rings. The molecule has 1 rings (SSSR count). The quantitative estimate of drug-likeness (QED) is 0.684. The number of hydrogen-bond donors (Lipinski definition) is 2. The molecule has 0 unspecified atom stereocenters. The van der Waals surface area contributed by atoms with E-state index in [4.69, 9.17) is 4.42 Å². The third-order valence-electron chi connectivity index (χ3n) is 2.49. The highest BCUT2D eigenvalue weighted by molar-refractivity contribution is 5.22. The Balaban J connectivity index is 2.45. The maximum Gasteiger partial charge on any atom is 0.315 e. The van der Waals surface area contributed by atoms with Crippen LogP contribution in [-0.4, -0.2) is 22.3 Å². The van der Waals surface area contributed by atoms with Gasteiger partial charge in [0.05, 0.1) is 6.54 Å². The van der Waals surface area contributed by atoms with Crippen molar-refractivity contribution in [3.8, 4) is 0 Å². The van der Waals surface area contributed by atoms with Gasteiger partial charge in [-0.05, 0) is 33.2 Å². The lowest BCUT2D eigenvalue weighted by Gasteiger charge is -2.23. The Morgan fingerprint density at radius 1 is 1.18 bits per heavy atom. The Bertz CT molecular complexity index is 322. The van der Waals surface area contributed by atoms with E-state index in [2.05, 4.69) is 48.5 Å². The number of nitrogens with one attached hydrogen (secondary N) is 2. The molecule has 2 N–H and O–H groups in total. The van der Waals surface area contributed by atoms with Gasteiger partial charge in [0.25, 0.3) is 0 Å². The highest BCUT2D eigenvalue weighted by atomic mass is 16.4. The van der Waals surface area contributed by atoms with E-state index < -0.39 is 0 Å². The van der Waals surface area contributed by atoms with Gasteiger partial charge in [-0.25, -0.2) is 0 Å². The normalized spacial score (nSPS) is 11.8. The molecule has 1 aromatic heterocycles. The molecule has 1 aromatic rings. The summed E-state index contributed by atoms with van der Waals surface area (Å²) in [7, 11) is 0. The fourth-order valence-electron chi connectivity index (χ4n) is 1.72. The Hall–Kier alpha value is -1.10. The van der Waals surface area contributed by atoms with Crippen LogP contribution in [0.5, 0.6) is 0 Å². The van der Waals surface area contributed by atoms with Crippen molar-refractivity contribution in [1.29, 1.82) is 0 Å². The van der Waals surface area contributed by atoms with Crippen LogP contribution in [0.4, 0.5) is 6.01 Å². The van der Waals surface area contributed by atoms with Crippen LogP contribution in [0.15, 0.2) is 4.42 Å². The Morgan fingerprint density at radius 2 is 1.94 bits per heavy atom. The lowest BCUT2D eigenvalue weighted by Crippen LogP contribution is -2.30. The van der Waals surface area contributed by atoms with Crippen molar-refractivity contribution in [3.63, 3.8) is 0 Å². The molecule has 0 saturated heterocycles. The first-order valence-corrected chi connectivity index (χ1v) is 6.38. The van der Waals surface area contributed by atoms with Gasteiger partial charge >= 0.3 is 6.01 Å². The zero-order chi connectivity index (χ0) is 12.7. The molecule has 17 heavy (non-hydrogen) atoms. The van der Waals surface area contributed by atoms with E-state index in [0.29, 0.717) is 18.5 Å². The van der Waals surface area contributed by atoms with Gasteiger partial charge in [0.2, 0.25) is 5.89 Å². The monoisotopic (exact) mass is 240 g/mol. The molecule has 5 nitrogen and oxygen atoms in total. The molecule has 98 valence electrons. The average Bonchev–Trinajstić information content (AvgIpc) is 2.65. The molecular formula is C12H24N4O. The molecular weight excluding hydrogens is 216 g/mol. The first-order chi connectivity index (χ1) is 8.07. The Kier molecular flexibility index (Phi) is 5.41. The van der Waals surface area contributed by atoms with Crippen molar-refractivity contribution in [2.45, 2.75) is 59.0 Å². The minimum atomic E-state index is -0.00456. The number of anilines is 1. The van der Waals surface area contributed by atoms with Crippen molar-refractivity contribution in [3.05, 3.63) is 5.89 Å². The third kappa shape index (κ3) is 5.17. The van der Waals surface area contributed by atoms with Crippen molar-refractivity contribution < 1.29 is 4.42 Å². The van der Waals surface area contributed by atoms with Crippen molar-refractivity contribution in [2.75, 3.05) is 11.9 Å². The van der Waals surface area contributed by atoms with Gasteiger partial charge in [0.1, 0.15) is 0 Å². The van der Waals surface area contributed by atoms with Crippen LogP contribution in [0.25, 0.3) is 0 Å². The predicted molar refractivity (Wildman–Crippen MR) is 68.9 cm³/mol. The van der Waals surface area contributed by atoms with E-state index in [1.807, 2.05) is 0 Å². The van der Waals surface area contributed by atoms with Crippen LogP contribution < -0.4 is 10.6 Å². The van der Waals surface area contributed by atoms with E-state index in [9.17, 15) is 0 Å². The minimum absolute atomic E-state index is 0.00456. The number of rotatable bonds is 8. The number of hydrogen-bond acceptors (Lipinski definition) is 5. The minimum Gasteiger partial charge on any atom is -0.407 e. The van der Waals surface area contributed by atoms with Crippen molar-refractivity contribution in [2.24, 2.45) is 0 Å². The lowest BCUT2D eigenvalue weighted by molar-refractivity contribution is 0.445. The van der Waals surface area contributed by atoms with Crippen LogP contribution in [0, 0.1) is 0 Å². The summed E-state index contributed by atoms with van der Waals surface area (Å²) in [6, 6.07) is 0.511. The van der Waals surface area contributed by atoms with Crippen LogP contribution in [0.1, 0.15) is 52.8 Å². The first kappa shape index (κ1) is 14.0. The van der Waals surface area contributed by atoms with Gasteiger partial charge in [-0.15, -0.1) is 5.10 Å². The van der Waals surface area contributed by atoms with Gasteiger partial charge in [-0.1, -0.05) is 25.4 Å². The van der Waals surface area contributed by atoms with E-state index >= 15 is 0 Å². The Morgan fingerprint density at radius 3 is 2.59 bits per heavy atom. The molecule has 1 heterocycles. The van der Waals surface area contributed by atoms with E-state index in [1.54, 1.807) is 0 Å². The van der Waals surface area contributed by atoms with E-state index in [1.165, 1.54) is 0 Å². The molecule has 0 amide bonds. The molecule has 0 atom stereocenters. The van der Waals surface area contributed by atoms with Crippen molar-refractivity contribution >= 4 is 6.01 Å². The fourth-order valence-corrected chi connectivity index (χ4v) is 1.72. The van der Waals surface area contributed by atoms with Gasteiger partial charge in [-0.2, -0.15) is 0 Å². The number of aromatic nitrogens is 2. The first-order valence-electron chi connectivity index (χ1n) is 6.38. The molecule has 0 spiro atoms. The van der Waals surface area contributed by atoms with Gasteiger partial charge in [0.15, 0.2) is 0 Å². The fraction of sp³-hybridized carbons (Fsp3) is 0.833. The SMILES string of the molecule is CCCNCc1nnc(NC(C)(C)CCC)o1. The zero-order valence-electron chi connectivity index (χ0n) is 11.3. The van der Waals surface area contributed by atoms with E-state index in [-0.39, 0.29) is 5.54 Å². The summed E-state index contributed by atoms with van der Waals surface area (Å²) in [5.74, 6) is 0.633. The second-order valence-corrected chi connectivity index (χ2v) is 4.94. The summed E-state index contributed by atoms with van der Waals surface area (Å²) in [4.78, 5) is 0. The second-order valence-electron chi connectivity index (χ2n) is 4.94. The summed E-state index contributed by atoms with van der Waals surface area (Å²) in [5.41, 5.74) is -0.00456. The van der Waals surface area contributed by atoms with Gasteiger partial charge in [-0.3, -0.25) is 0 Å². The summed E-state index contributed by atoms with van der Waals surface area (Å²) < 4.78 is 5.52. The molecule has 0 bridgehead atoms. The summed E-state index contributed by atoms with van der Waals surface area (Å²) in [6.07, 6.45) is 3.29. The number of nitrogens with zero attached hydrogens (tertiary/aromatic N) is 2. The molecule has 0 fully saturated rings. The summed E-state index contributed by atoms with van der Waals surface area (Å²) in [5, 5.41) is 14.5. The summed E-state index contributed by atoms with van der Waals surface area (Å²) >= 11 is 0. The van der Waals surface area contributed by atoms with Crippen LogP contribution in [0.3, 0.4) is 0 Å². The Labute approximate surface area is 103 Å². The van der Waals surface area contributed by atoms with Crippen LogP contribution in [-0.2, 0) is 6.54 Å². The van der Waals surface area contributed by atoms with E-state index in [0.717, 1.165) is 25.8 Å². The molecule has 0 aromatic carbocycles. The van der Waals surface area contributed by atoms with Crippen LogP contribution >= 0.6 is 0 Å². The molecule has 0 radical (unpaired) electrons. The maximum absolute atomic E-state index is 5.52. The predicted octanol–water partition coefficient (Wildman–Crippen LogP) is 2.56. The third-order valence-corrected chi connectivity index (χ3v) is 2.49. The molecule has 5 heteroatoms. The molecule has 0 aliphatic heterocycles. The van der Waals surface area contributed by atoms with Crippen molar-refractivity contribution in [1.82, 2.24) is 15.5 Å². The largest absolute Gasteiger partial charge is 0.407 e. The summed E-state index contributed by atoms with van der Waals surface area (Å²) in [6.45, 7) is 10.2. The van der Waals surface area contributed by atoms with Gasteiger partial charge in [0, 0.05) is 5.54 Å². The van der Waals surface area contributed by atoms with Gasteiger partial charge < -0.3 is 15.1 Å². The highest BCUT2D eigenvalue weighted by Gasteiger charge is 2.19. The van der Waals surface area contributed by atoms with Crippen LogP contribution in [0.2, 0.25) is 0 Å². The smallest absolute Gasteiger partial charge is 0.315 e. The molecule has 0 saturated carbocycles. The molecule has 0 aliphatic carbocycles. The topological polar surface area (TPSA) is 63.0 Å². The second kappa shape index (κ2) is 6.59. The lowest BCUT2D eigenvalue weighted by atomic mass is 9.99. The zero-order valence-corrected chi connectivity index (χ0v) is 11.3. The standard InChI is InChI=1S/C12H24N4O/c1-5-7-12(3,4)14-11-16-15-10(17-11)9-13-8-6-2/h13H,5-9H2,1-4H3,(H,14,16).